The van der Waals surface area contributed by atoms with Crippen LogP contribution in [0.1, 0.15) is 61.4 Å². The number of benzene rings is 1. The van der Waals surface area contributed by atoms with E-state index in [-0.39, 0.29) is 18.4 Å². The van der Waals surface area contributed by atoms with Crippen molar-refractivity contribution in [2.24, 2.45) is 5.92 Å². The van der Waals surface area contributed by atoms with Crippen LogP contribution in [0.5, 0.6) is 6.01 Å². The van der Waals surface area contributed by atoms with Crippen LogP contribution in [0.3, 0.4) is 0 Å². The second-order valence-electron chi connectivity index (χ2n) is 13.2. The van der Waals surface area contributed by atoms with Gasteiger partial charge in [-0.15, -0.1) is 0 Å². The number of anilines is 1. The predicted octanol–water partition coefficient (Wildman–Crippen LogP) is 5.25. The zero-order valence-corrected chi connectivity index (χ0v) is 26.1. The van der Waals surface area contributed by atoms with Gasteiger partial charge in [-0.05, 0) is 74.8 Å². The molecule has 1 aromatic heterocycles. The van der Waals surface area contributed by atoms with Gasteiger partial charge in [0.2, 0.25) is 0 Å². The molecule has 10 heteroatoms. The number of likely N-dealkylation sites (tertiary alicyclic amines) is 1. The molecule has 5 aliphatic rings. The fourth-order valence-corrected chi connectivity index (χ4v) is 9.02. The molecule has 3 unspecified atom stereocenters. The summed E-state index contributed by atoms with van der Waals surface area (Å²) in [6.07, 6.45) is 8.53. The largest absolute Gasteiger partial charge is 0.462 e. The maximum absolute atomic E-state index is 13.9. The number of carbonyl (C=O) groups is 1. The van der Waals surface area contributed by atoms with Crippen LogP contribution in [-0.2, 0) is 23.1 Å². The molecule has 2 aliphatic heterocycles. The van der Waals surface area contributed by atoms with Crippen molar-refractivity contribution in [3.05, 3.63) is 64.1 Å². The lowest BCUT2D eigenvalue weighted by Crippen LogP contribution is -2.55. The Kier molecular flexibility index (Phi) is 7.41. The maximum Gasteiger partial charge on any atom is 0.318 e. The van der Waals surface area contributed by atoms with Gasteiger partial charge in [-0.1, -0.05) is 36.4 Å². The molecular weight excluding hydrogens is 579 g/mol. The number of ether oxygens (including phenoxy) is 1. The first kappa shape index (κ1) is 29.2. The number of nitrogens with zero attached hydrogens (tertiary/aromatic N) is 6. The van der Waals surface area contributed by atoms with Crippen molar-refractivity contribution in [2.75, 3.05) is 38.2 Å². The van der Waals surface area contributed by atoms with Crippen molar-refractivity contribution >= 4 is 28.9 Å². The van der Waals surface area contributed by atoms with Crippen molar-refractivity contribution in [1.82, 2.24) is 19.8 Å². The van der Waals surface area contributed by atoms with Gasteiger partial charge in [0.1, 0.15) is 12.4 Å². The van der Waals surface area contributed by atoms with Crippen LogP contribution in [0.4, 0.5) is 10.2 Å². The summed E-state index contributed by atoms with van der Waals surface area (Å²) < 4.78 is 20.3. The molecular formula is C34H38ClFN6O2. The minimum absolute atomic E-state index is 0.0907. The molecule has 1 spiro atoms. The summed E-state index contributed by atoms with van der Waals surface area (Å²) in [6.45, 7) is 6.97. The fourth-order valence-electron chi connectivity index (χ4n) is 8.69. The summed E-state index contributed by atoms with van der Waals surface area (Å²) in [5.74, 6) is -0.329. The monoisotopic (exact) mass is 616 g/mol. The third kappa shape index (κ3) is 4.78. The number of likely N-dealkylation sites (N-methyl/N-ethyl adjacent to an activating group) is 1. The second kappa shape index (κ2) is 11.1. The summed E-state index contributed by atoms with van der Waals surface area (Å²) >= 11 is 6.68. The van der Waals surface area contributed by atoms with E-state index in [0.717, 1.165) is 40.5 Å². The highest BCUT2D eigenvalue weighted by molar-refractivity contribution is 6.32. The lowest BCUT2D eigenvalue weighted by atomic mass is 9.70. The Labute approximate surface area is 263 Å². The average molecular weight is 617 g/mol. The first-order valence-corrected chi connectivity index (χ1v) is 16.1. The van der Waals surface area contributed by atoms with Gasteiger partial charge in [0.05, 0.1) is 24.2 Å². The minimum atomic E-state index is -1.01. The Morgan fingerprint density at radius 1 is 1.30 bits per heavy atom. The van der Waals surface area contributed by atoms with Crippen LogP contribution < -0.4 is 9.64 Å². The molecule has 7 rings (SSSR count). The fraction of sp³-hybridized carbons (Fsp3) is 0.529. The van der Waals surface area contributed by atoms with Gasteiger partial charge >= 0.3 is 6.01 Å². The Morgan fingerprint density at radius 2 is 2.14 bits per heavy atom. The molecule has 3 aliphatic carbocycles. The Bertz CT molecular complexity index is 1600. The number of amides is 1. The minimum Gasteiger partial charge on any atom is -0.462 e. The zero-order chi connectivity index (χ0) is 30.7. The molecule has 1 aromatic carbocycles. The van der Waals surface area contributed by atoms with E-state index in [9.17, 15) is 14.4 Å². The zero-order valence-electron chi connectivity index (χ0n) is 25.4. The van der Waals surface area contributed by atoms with Crippen LogP contribution in [0.15, 0.2) is 36.7 Å². The number of hydrogen-bond acceptors (Lipinski definition) is 7. The highest BCUT2D eigenvalue weighted by Gasteiger charge is 2.45. The lowest BCUT2D eigenvalue weighted by Gasteiger charge is -2.42. The number of nitriles is 1. The Hall–Kier alpha value is -3.48. The van der Waals surface area contributed by atoms with E-state index in [0.29, 0.717) is 50.1 Å². The van der Waals surface area contributed by atoms with E-state index in [4.69, 9.17) is 26.3 Å². The number of aromatic nitrogens is 2. The number of halogens is 2. The third-order valence-corrected chi connectivity index (χ3v) is 11.2. The number of rotatable bonds is 6. The van der Waals surface area contributed by atoms with E-state index in [1.807, 2.05) is 12.1 Å². The number of piperazine rings is 1. The molecule has 1 saturated carbocycles. The van der Waals surface area contributed by atoms with E-state index in [1.165, 1.54) is 35.3 Å². The van der Waals surface area contributed by atoms with Crippen LogP contribution in [0.25, 0.3) is 5.57 Å². The molecule has 8 nitrogen and oxygen atoms in total. The van der Waals surface area contributed by atoms with Gasteiger partial charge in [-0.3, -0.25) is 9.69 Å². The molecule has 44 heavy (non-hydrogen) atoms. The van der Waals surface area contributed by atoms with Crippen molar-refractivity contribution < 1.29 is 13.9 Å². The van der Waals surface area contributed by atoms with Crippen LogP contribution in [0.2, 0.25) is 5.02 Å². The highest BCUT2D eigenvalue weighted by Crippen LogP contribution is 2.51. The maximum atomic E-state index is 13.9. The molecule has 3 heterocycles. The van der Waals surface area contributed by atoms with E-state index in [2.05, 4.69) is 48.6 Å². The van der Waals surface area contributed by atoms with Gasteiger partial charge in [-0.25, -0.2) is 4.39 Å². The third-order valence-electron chi connectivity index (χ3n) is 10.9. The quantitative estimate of drug-likeness (QED) is 0.410. The van der Waals surface area contributed by atoms with Crippen molar-refractivity contribution in [1.29, 1.82) is 5.26 Å². The molecule has 2 saturated heterocycles. The molecule has 2 aromatic rings. The van der Waals surface area contributed by atoms with E-state index < -0.39 is 17.8 Å². The van der Waals surface area contributed by atoms with Gasteiger partial charge in [0.25, 0.3) is 5.91 Å². The topological polar surface area (TPSA) is 85.6 Å². The summed E-state index contributed by atoms with van der Waals surface area (Å²) in [4.78, 5) is 28.6. The molecule has 3 fully saturated rings. The SMILES string of the molecule is C=C(F)C(=O)N1CCN(c2nc(OC[C@@H]3C4CCC(C4)N3C)nc3c2CCC2(C=C(C)c4c(Cl)cccc42)C3)C[C@@H]1CC#N. The molecule has 230 valence electrons. The van der Waals surface area contributed by atoms with Crippen LogP contribution in [0, 0.1) is 17.2 Å². The number of piperidine rings is 1. The summed E-state index contributed by atoms with van der Waals surface area (Å²) in [5, 5.41) is 10.3. The van der Waals surface area contributed by atoms with Gasteiger partial charge in [0, 0.05) is 54.1 Å². The average Bonchev–Trinajstić information content (AvgIpc) is 3.68. The molecule has 0 N–H and O–H groups in total. The predicted molar refractivity (Wildman–Crippen MR) is 167 cm³/mol. The van der Waals surface area contributed by atoms with Crippen LogP contribution in [-0.4, -0.2) is 77.1 Å². The van der Waals surface area contributed by atoms with Crippen molar-refractivity contribution in [3.8, 4) is 12.1 Å². The smallest absolute Gasteiger partial charge is 0.318 e. The number of allylic oxidation sites excluding steroid dienone is 2. The Balaban J connectivity index is 1.23. The standard InChI is InChI=1S/C34H38ClFN6O2/c1-20-16-34(26-5-4-6-27(35)30(20)26)11-9-25-28(17-34)38-33(44-19-29-22-7-8-23(15-22)40(29)3)39-31(25)41-13-14-42(32(43)21(2)36)24(18-41)10-12-37/h4-6,16,22-24,29H,2,7-11,13-15,17-19H2,1,3H3/t22?,23?,24-,29+,34?/m0/s1. The van der Waals surface area contributed by atoms with E-state index >= 15 is 0 Å². The van der Waals surface area contributed by atoms with Gasteiger partial charge < -0.3 is 14.5 Å². The summed E-state index contributed by atoms with van der Waals surface area (Å²) in [5.41, 5.74) is 5.38. The van der Waals surface area contributed by atoms with Crippen LogP contribution >= 0.6 is 11.6 Å². The number of fused-ring (bicyclic) bond motifs is 5. The molecule has 0 radical (unpaired) electrons. The summed E-state index contributed by atoms with van der Waals surface area (Å²) in [7, 11) is 2.19. The van der Waals surface area contributed by atoms with Gasteiger partial charge in [-0.2, -0.15) is 15.2 Å². The van der Waals surface area contributed by atoms with Crippen molar-refractivity contribution in [3.63, 3.8) is 0 Å². The first-order valence-electron chi connectivity index (χ1n) is 15.7. The second-order valence-corrected chi connectivity index (χ2v) is 13.6. The summed E-state index contributed by atoms with van der Waals surface area (Å²) in [6, 6.07) is 9.21. The van der Waals surface area contributed by atoms with Crippen molar-refractivity contribution in [2.45, 2.75) is 75.4 Å². The molecule has 5 atom stereocenters. The Morgan fingerprint density at radius 3 is 2.89 bits per heavy atom. The lowest BCUT2D eigenvalue weighted by molar-refractivity contribution is -0.131. The normalized spacial score (nSPS) is 28.9. The highest BCUT2D eigenvalue weighted by atomic mass is 35.5. The number of carbonyl (C=O) groups excluding carboxylic acids is 1. The van der Waals surface area contributed by atoms with Gasteiger partial charge in [0.15, 0.2) is 5.83 Å². The molecule has 2 bridgehead atoms. The molecule has 1 amide bonds. The van der Waals surface area contributed by atoms with E-state index in [1.54, 1.807) is 0 Å². The first-order chi connectivity index (χ1) is 21.2. The number of hydrogen-bond donors (Lipinski definition) is 0.